The van der Waals surface area contributed by atoms with Crippen molar-refractivity contribution in [3.63, 3.8) is 0 Å². The minimum Gasteiger partial charge on any atom is -0.430 e. The summed E-state index contributed by atoms with van der Waals surface area (Å²) < 4.78 is 5.64. The van der Waals surface area contributed by atoms with Crippen LogP contribution < -0.4 is 15.7 Å². The third kappa shape index (κ3) is 7.25. The Balaban J connectivity index is 1.90. The summed E-state index contributed by atoms with van der Waals surface area (Å²) in [6.45, 7) is 12.4. The third-order valence-electron chi connectivity index (χ3n) is 5.90. The largest absolute Gasteiger partial charge is 0.430 e. The van der Waals surface area contributed by atoms with E-state index < -0.39 is 34.7 Å². The molecule has 2 aromatic rings. The van der Waals surface area contributed by atoms with Crippen LogP contribution in [0, 0.1) is 10.8 Å². The number of hydroxylamine groups is 1. The molecule has 0 unspecified atom stereocenters. The average molecular weight is 536 g/mol. The van der Waals surface area contributed by atoms with Gasteiger partial charge in [0.25, 0.3) is 5.91 Å². The molecular weight excluding hydrogens is 498 g/mol. The molecule has 0 radical (unpaired) electrons. The van der Waals surface area contributed by atoms with Crippen molar-refractivity contribution in [3.05, 3.63) is 65.4 Å². The van der Waals surface area contributed by atoms with Gasteiger partial charge < -0.3 is 20.2 Å². The molecule has 3 amide bonds. The lowest BCUT2D eigenvalue weighted by Gasteiger charge is -2.22. The molecule has 9 heteroatoms. The van der Waals surface area contributed by atoms with Gasteiger partial charge in [-0.1, -0.05) is 37.3 Å². The number of fused-ring (bicyclic) bond motifs is 1. The van der Waals surface area contributed by atoms with E-state index in [9.17, 15) is 19.2 Å². The molecule has 0 atom stereocenters. The SMILES string of the molecule is CC/C(OC(=O)C(C)(C)C)=C1/C(=O)N(OC(=O)C(C)(C)C)c2cc(NC(=O)NCCc3ccccc3)ccc21. The van der Waals surface area contributed by atoms with Crippen LogP contribution in [0.5, 0.6) is 0 Å². The fourth-order valence-corrected chi connectivity index (χ4v) is 3.60. The number of benzene rings is 2. The Hall–Kier alpha value is -4.14. The summed E-state index contributed by atoms with van der Waals surface area (Å²) >= 11 is 0. The molecule has 0 aromatic heterocycles. The first kappa shape index (κ1) is 29.4. The second-order valence-corrected chi connectivity index (χ2v) is 11.4. The molecule has 39 heavy (non-hydrogen) atoms. The van der Waals surface area contributed by atoms with E-state index in [0.717, 1.165) is 10.6 Å². The normalized spacial score (nSPS) is 14.4. The van der Waals surface area contributed by atoms with Crippen LogP contribution in [0.1, 0.15) is 66.0 Å². The van der Waals surface area contributed by atoms with Crippen LogP contribution in [0.25, 0.3) is 5.57 Å². The van der Waals surface area contributed by atoms with Crippen molar-refractivity contribution in [2.24, 2.45) is 10.8 Å². The fraction of sp³-hybridized carbons (Fsp3) is 0.400. The van der Waals surface area contributed by atoms with Gasteiger partial charge >= 0.3 is 18.0 Å². The highest BCUT2D eigenvalue weighted by molar-refractivity contribution is 6.33. The van der Waals surface area contributed by atoms with Gasteiger partial charge in [-0.3, -0.25) is 9.59 Å². The molecule has 0 bridgehead atoms. The molecule has 3 rings (SSSR count). The fourth-order valence-electron chi connectivity index (χ4n) is 3.60. The van der Waals surface area contributed by atoms with Gasteiger partial charge in [0, 0.05) is 24.2 Å². The summed E-state index contributed by atoms with van der Waals surface area (Å²) in [5.74, 6) is -1.57. The van der Waals surface area contributed by atoms with Crippen molar-refractivity contribution in [3.8, 4) is 0 Å². The number of amides is 3. The number of carbonyl (C=O) groups excluding carboxylic acids is 4. The van der Waals surface area contributed by atoms with Gasteiger partial charge in [0.2, 0.25) is 0 Å². The monoisotopic (exact) mass is 535 g/mol. The van der Waals surface area contributed by atoms with Gasteiger partial charge in [0.1, 0.15) is 5.76 Å². The molecule has 1 heterocycles. The first-order chi connectivity index (χ1) is 18.2. The zero-order valence-electron chi connectivity index (χ0n) is 23.6. The summed E-state index contributed by atoms with van der Waals surface area (Å²) in [5, 5.41) is 6.47. The van der Waals surface area contributed by atoms with Crippen molar-refractivity contribution in [2.45, 2.75) is 61.3 Å². The summed E-state index contributed by atoms with van der Waals surface area (Å²) in [7, 11) is 0. The number of rotatable bonds is 7. The van der Waals surface area contributed by atoms with E-state index in [2.05, 4.69) is 10.6 Å². The van der Waals surface area contributed by atoms with Crippen molar-refractivity contribution in [1.82, 2.24) is 5.32 Å². The predicted molar refractivity (Wildman–Crippen MR) is 149 cm³/mol. The molecule has 0 aliphatic carbocycles. The second-order valence-electron chi connectivity index (χ2n) is 11.4. The zero-order chi connectivity index (χ0) is 29.0. The van der Waals surface area contributed by atoms with E-state index in [1.54, 1.807) is 66.7 Å². The minimum absolute atomic E-state index is 0.130. The van der Waals surface area contributed by atoms with Crippen LogP contribution in [0.3, 0.4) is 0 Å². The second kappa shape index (κ2) is 11.7. The van der Waals surface area contributed by atoms with E-state index in [0.29, 0.717) is 24.2 Å². The van der Waals surface area contributed by atoms with Gasteiger partial charge in [-0.15, -0.1) is 5.06 Å². The molecular formula is C30H37N3O6. The molecule has 2 aromatic carbocycles. The molecule has 0 saturated carbocycles. The van der Waals surface area contributed by atoms with Crippen molar-refractivity contribution < 1.29 is 28.8 Å². The Morgan fingerprint density at radius 3 is 2.13 bits per heavy atom. The number of urea groups is 1. The van der Waals surface area contributed by atoms with Gasteiger partial charge in [-0.05, 0) is 71.7 Å². The lowest BCUT2D eigenvalue weighted by Crippen LogP contribution is -2.35. The number of nitrogens with zero attached hydrogens (tertiary/aromatic N) is 1. The molecule has 1 aliphatic rings. The van der Waals surface area contributed by atoms with E-state index in [4.69, 9.17) is 9.57 Å². The van der Waals surface area contributed by atoms with Crippen LogP contribution in [0.15, 0.2) is 54.3 Å². The van der Waals surface area contributed by atoms with E-state index in [1.165, 1.54) is 0 Å². The maximum atomic E-state index is 13.6. The van der Waals surface area contributed by atoms with Gasteiger partial charge in [-0.25, -0.2) is 9.59 Å². The number of nitrogens with one attached hydrogen (secondary N) is 2. The molecule has 9 nitrogen and oxygen atoms in total. The highest BCUT2D eigenvalue weighted by Crippen LogP contribution is 2.42. The van der Waals surface area contributed by atoms with E-state index in [1.807, 2.05) is 30.3 Å². The molecule has 2 N–H and O–H groups in total. The summed E-state index contributed by atoms with van der Waals surface area (Å²) in [5.41, 5.74) is 0.637. The van der Waals surface area contributed by atoms with E-state index in [-0.39, 0.29) is 23.4 Å². The number of anilines is 2. The van der Waals surface area contributed by atoms with Crippen molar-refractivity contribution in [1.29, 1.82) is 0 Å². The average Bonchev–Trinajstić information content (AvgIpc) is 3.12. The van der Waals surface area contributed by atoms with E-state index >= 15 is 0 Å². The minimum atomic E-state index is -0.881. The molecule has 0 fully saturated rings. The van der Waals surface area contributed by atoms with Crippen molar-refractivity contribution >= 4 is 40.8 Å². The number of carbonyl (C=O) groups is 4. The lowest BCUT2D eigenvalue weighted by atomic mass is 9.97. The number of ether oxygens (including phenoxy) is 1. The lowest BCUT2D eigenvalue weighted by molar-refractivity contribution is -0.157. The molecule has 0 spiro atoms. The Morgan fingerprint density at radius 1 is 0.897 bits per heavy atom. The number of hydrogen-bond acceptors (Lipinski definition) is 6. The predicted octanol–water partition coefficient (Wildman–Crippen LogP) is 5.61. The maximum absolute atomic E-state index is 13.6. The Kier molecular flexibility index (Phi) is 8.84. The first-order valence-corrected chi connectivity index (χ1v) is 13.0. The molecule has 208 valence electrons. The van der Waals surface area contributed by atoms with Crippen LogP contribution in [-0.4, -0.2) is 30.4 Å². The van der Waals surface area contributed by atoms with Gasteiger partial charge in [0.15, 0.2) is 0 Å². The summed E-state index contributed by atoms with van der Waals surface area (Å²) in [6, 6.07) is 14.2. The first-order valence-electron chi connectivity index (χ1n) is 13.0. The number of esters is 1. The van der Waals surface area contributed by atoms with Crippen LogP contribution in [-0.2, 0) is 30.4 Å². The highest BCUT2D eigenvalue weighted by Gasteiger charge is 2.41. The topological polar surface area (TPSA) is 114 Å². The third-order valence-corrected chi connectivity index (χ3v) is 5.90. The summed E-state index contributed by atoms with van der Waals surface area (Å²) in [4.78, 5) is 57.0. The number of allylic oxidation sites excluding steroid dienone is 1. The van der Waals surface area contributed by atoms with Crippen LogP contribution in [0.2, 0.25) is 0 Å². The highest BCUT2D eigenvalue weighted by atomic mass is 16.7. The van der Waals surface area contributed by atoms with Crippen molar-refractivity contribution in [2.75, 3.05) is 16.9 Å². The quantitative estimate of drug-likeness (QED) is 0.271. The van der Waals surface area contributed by atoms with Gasteiger partial charge in [-0.2, -0.15) is 0 Å². The zero-order valence-corrected chi connectivity index (χ0v) is 23.6. The van der Waals surface area contributed by atoms with Crippen LogP contribution in [0.4, 0.5) is 16.2 Å². The molecule has 1 aliphatic heterocycles. The Bertz CT molecular complexity index is 1290. The molecule has 0 saturated heterocycles. The number of hydrogen-bond donors (Lipinski definition) is 2. The standard InChI is InChI=1S/C30H37N3O6/c1-8-23(38-26(35)29(2,3)4)24-21-15-14-20(32-28(37)31-17-16-19-12-10-9-11-13-19)18-22(21)33(25(24)34)39-27(36)30(5,6)7/h9-15,18H,8,16-17H2,1-7H3,(H2,31,32,37)/b24-23-. The Labute approximate surface area is 229 Å². The Morgan fingerprint density at radius 2 is 1.54 bits per heavy atom. The smallest absolute Gasteiger partial charge is 0.338 e. The maximum Gasteiger partial charge on any atom is 0.338 e. The summed E-state index contributed by atoms with van der Waals surface area (Å²) in [6.07, 6.45) is 0.929. The van der Waals surface area contributed by atoms with Crippen LogP contribution >= 0.6 is 0 Å². The van der Waals surface area contributed by atoms with Gasteiger partial charge in [0.05, 0.1) is 22.1 Å².